The highest BCUT2D eigenvalue weighted by atomic mass is 16.5. The van der Waals surface area contributed by atoms with Gasteiger partial charge in [0.1, 0.15) is 5.75 Å². The first-order valence-corrected chi connectivity index (χ1v) is 9.26. The quantitative estimate of drug-likeness (QED) is 0.612. The molecule has 0 aliphatic heterocycles. The monoisotopic (exact) mass is 389 g/mol. The van der Waals surface area contributed by atoms with Gasteiger partial charge in [-0.1, -0.05) is 54.1 Å². The third-order valence-corrected chi connectivity index (χ3v) is 4.43. The van der Waals surface area contributed by atoms with Gasteiger partial charge in [-0.3, -0.25) is 4.79 Å². The number of nitrogens with one attached hydrogen (secondary N) is 1. The second kappa shape index (κ2) is 9.06. The highest BCUT2D eigenvalue weighted by Crippen LogP contribution is 2.28. The third kappa shape index (κ3) is 5.02. The van der Waals surface area contributed by atoms with Crippen molar-refractivity contribution in [3.8, 4) is 5.75 Å². The highest BCUT2D eigenvalue weighted by molar-refractivity contribution is 5.99. The minimum atomic E-state index is -1.10. The number of benzene rings is 3. The van der Waals surface area contributed by atoms with E-state index in [1.165, 1.54) is 7.11 Å². The zero-order valence-corrected chi connectivity index (χ0v) is 16.6. The first-order chi connectivity index (χ1) is 14.0. The van der Waals surface area contributed by atoms with Crippen LogP contribution in [0.3, 0.4) is 0 Å². The van der Waals surface area contributed by atoms with E-state index in [4.69, 9.17) is 9.47 Å². The lowest BCUT2D eigenvalue weighted by Gasteiger charge is -2.19. The molecule has 1 amide bonds. The van der Waals surface area contributed by atoms with Crippen LogP contribution in [-0.2, 0) is 9.53 Å². The summed E-state index contributed by atoms with van der Waals surface area (Å²) >= 11 is 0. The smallest absolute Gasteiger partial charge is 0.339 e. The fourth-order valence-electron chi connectivity index (χ4n) is 2.97. The van der Waals surface area contributed by atoms with Crippen LogP contribution < -0.4 is 10.1 Å². The molecule has 0 saturated heterocycles. The molecule has 0 spiro atoms. The number of aryl methyl sites for hydroxylation is 2. The summed E-state index contributed by atoms with van der Waals surface area (Å²) in [5, 5.41) is 2.83. The number of methoxy groups -OCH3 is 1. The van der Waals surface area contributed by atoms with Crippen molar-refractivity contribution in [3.63, 3.8) is 0 Å². The number of ether oxygens (including phenoxy) is 2. The Bertz CT molecular complexity index is 1010. The molecular formula is C24H23NO4. The summed E-state index contributed by atoms with van der Waals surface area (Å²) in [5.74, 6) is -0.490. The van der Waals surface area contributed by atoms with Gasteiger partial charge >= 0.3 is 5.97 Å². The van der Waals surface area contributed by atoms with Crippen LogP contribution >= 0.6 is 0 Å². The molecule has 0 radical (unpaired) electrons. The predicted octanol–water partition coefficient (Wildman–Crippen LogP) is 4.85. The third-order valence-electron chi connectivity index (χ3n) is 4.43. The van der Waals surface area contributed by atoms with Crippen molar-refractivity contribution in [1.82, 2.24) is 0 Å². The number of hydrogen-bond donors (Lipinski definition) is 1. The molecular weight excluding hydrogens is 366 g/mol. The fourth-order valence-corrected chi connectivity index (χ4v) is 2.97. The Morgan fingerprint density at radius 3 is 2.28 bits per heavy atom. The summed E-state index contributed by atoms with van der Waals surface area (Å²) in [7, 11) is 1.53. The van der Waals surface area contributed by atoms with Crippen molar-refractivity contribution in [2.45, 2.75) is 20.0 Å². The summed E-state index contributed by atoms with van der Waals surface area (Å²) < 4.78 is 11.0. The molecule has 0 heterocycles. The second-order valence-corrected chi connectivity index (χ2v) is 6.76. The van der Waals surface area contributed by atoms with Gasteiger partial charge in [-0.2, -0.15) is 0 Å². The predicted molar refractivity (Wildman–Crippen MR) is 112 cm³/mol. The number of amides is 1. The van der Waals surface area contributed by atoms with Gasteiger partial charge in [-0.05, 0) is 43.7 Å². The maximum Gasteiger partial charge on any atom is 0.339 e. The maximum atomic E-state index is 13.1. The lowest BCUT2D eigenvalue weighted by molar-refractivity contribution is -0.125. The molecule has 0 aliphatic carbocycles. The summed E-state index contributed by atoms with van der Waals surface area (Å²) in [5.41, 5.74) is 3.40. The average Bonchev–Trinajstić information content (AvgIpc) is 2.72. The Kier molecular flexibility index (Phi) is 6.29. The fraction of sp³-hybridized carbons (Fsp3) is 0.167. The molecule has 1 N–H and O–H groups in total. The largest absolute Gasteiger partial charge is 0.495 e. The van der Waals surface area contributed by atoms with E-state index in [0.29, 0.717) is 22.6 Å². The summed E-state index contributed by atoms with van der Waals surface area (Å²) in [6, 6.07) is 21.5. The average molecular weight is 389 g/mol. The van der Waals surface area contributed by atoms with Crippen LogP contribution in [0.1, 0.15) is 33.2 Å². The topological polar surface area (TPSA) is 64.6 Å². The van der Waals surface area contributed by atoms with Crippen molar-refractivity contribution in [2.24, 2.45) is 0 Å². The lowest BCUT2D eigenvalue weighted by atomic mass is 10.1. The van der Waals surface area contributed by atoms with Crippen molar-refractivity contribution < 1.29 is 19.1 Å². The van der Waals surface area contributed by atoms with E-state index in [-0.39, 0.29) is 0 Å². The van der Waals surface area contributed by atoms with Gasteiger partial charge in [0, 0.05) is 5.56 Å². The van der Waals surface area contributed by atoms with Crippen LogP contribution in [0.4, 0.5) is 5.69 Å². The van der Waals surface area contributed by atoms with E-state index in [2.05, 4.69) is 5.32 Å². The van der Waals surface area contributed by atoms with Crippen LogP contribution in [0.5, 0.6) is 5.75 Å². The van der Waals surface area contributed by atoms with Gasteiger partial charge in [0.25, 0.3) is 5.91 Å². The number of esters is 1. The normalized spacial score (nSPS) is 11.4. The number of rotatable bonds is 6. The van der Waals surface area contributed by atoms with Gasteiger partial charge in [0.05, 0.1) is 18.4 Å². The molecule has 3 rings (SSSR count). The Labute approximate surface area is 170 Å². The van der Waals surface area contributed by atoms with E-state index < -0.39 is 18.0 Å². The van der Waals surface area contributed by atoms with E-state index in [1.807, 2.05) is 32.0 Å². The van der Waals surface area contributed by atoms with Gasteiger partial charge in [0.2, 0.25) is 6.10 Å². The standard InChI is InChI=1S/C24H23NO4/c1-16-8-7-11-19(14-16)24(27)29-22(18-9-5-4-6-10-18)23(26)25-20-15-17(2)12-13-21(20)28-3/h4-15,22H,1-3H3,(H,25,26)/t22-/m0/s1. The zero-order chi connectivity index (χ0) is 20.8. The van der Waals surface area contributed by atoms with E-state index in [9.17, 15) is 9.59 Å². The van der Waals surface area contributed by atoms with Crippen LogP contribution in [0.2, 0.25) is 0 Å². The van der Waals surface area contributed by atoms with Crippen molar-refractivity contribution in [1.29, 1.82) is 0 Å². The van der Waals surface area contributed by atoms with Crippen LogP contribution in [0.15, 0.2) is 72.8 Å². The molecule has 0 fully saturated rings. The summed E-state index contributed by atoms with van der Waals surface area (Å²) in [6.45, 7) is 3.81. The Morgan fingerprint density at radius 1 is 0.862 bits per heavy atom. The van der Waals surface area contributed by atoms with Gasteiger partial charge in [-0.25, -0.2) is 4.79 Å². The molecule has 148 valence electrons. The molecule has 1 atom stereocenters. The first kappa shape index (κ1) is 20.1. The van der Waals surface area contributed by atoms with Crippen LogP contribution in [0.25, 0.3) is 0 Å². The number of carbonyl (C=O) groups excluding carboxylic acids is 2. The van der Waals surface area contributed by atoms with E-state index >= 15 is 0 Å². The highest BCUT2D eigenvalue weighted by Gasteiger charge is 2.26. The molecule has 0 aromatic heterocycles. The molecule has 29 heavy (non-hydrogen) atoms. The van der Waals surface area contributed by atoms with Gasteiger partial charge < -0.3 is 14.8 Å². The van der Waals surface area contributed by atoms with E-state index in [1.54, 1.807) is 54.6 Å². The molecule has 3 aromatic carbocycles. The molecule has 5 heteroatoms. The number of carbonyl (C=O) groups is 2. The SMILES string of the molecule is COc1ccc(C)cc1NC(=O)[C@@H](OC(=O)c1cccc(C)c1)c1ccccc1. The van der Waals surface area contributed by atoms with Gasteiger partial charge in [-0.15, -0.1) is 0 Å². The maximum absolute atomic E-state index is 13.1. The van der Waals surface area contributed by atoms with Crippen molar-refractivity contribution in [3.05, 3.63) is 95.1 Å². The molecule has 5 nitrogen and oxygen atoms in total. The Hall–Kier alpha value is -3.60. The van der Waals surface area contributed by atoms with Crippen molar-refractivity contribution in [2.75, 3.05) is 12.4 Å². The van der Waals surface area contributed by atoms with Gasteiger partial charge in [0.15, 0.2) is 0 Å². The van der Waals surface area contributed by atoms with E-state index in [0.717, 1.165) is 11.1 Å². The Balaban J connectivity index is 1.89. The molecule has 3 aromatic rings. The number of anilines is 1. The minimum absolute atomic E-state index is 0.395. The number of hydrogen-bond acceptors (Lipinski definition) is 4. The molecule has 0 aliphatic rings. The summed E-state index contributed by atoms with van der Waals surface area (Å²) in [4.78, 5) is 25.8. The van der Waals surface area contributed by atoms with Crippen LogP contribution in [0, 0.1) is 13.8 Å². The first-order valence-electron chi connectivity index (χ1n) is 9.26. The lowest BCUT2D eigenvalue weighted by Crippen LogP contribution is -2.26. The summed E-state index contributed by atoms with van der Waals surface area (Å²) in [6.07, 6.45) is -1.10. The zero-order valence-electron chi connectivity index (χ0n) is 16.6. The molecule has 0 bridgehead atoms. The second-order valence-electron chi connectivity index (χ2n) is 6.76. The Morgan fingerprint density at radius 2 is 1.59 bits per heavy atom. The molecule has 0 unspecified atom stereocenters. The van der Waals surface area contributed by atoms with Crippen LogP contribution in [-0.4, -0.2) is 19.0 Å². The molecule has 0 saturated carbocycles. The minimum Gasteiger partial charge on any atom is -0.495 e. The van der Waals surface area contributed by atoms with Crippen molar-refractivity contribution >= 4 is 17.6 Å².